The number of aromatic nitrogens is 3. The largest absolute Gasteiger partial charge is 0.497 e. The number of hydrogen-bond acceptors (Lipinski definition) is 3. The summed E-state index contributed by atoms with van der Waals surface area (Å²) in [5.74, 6) is 2.79. The summed E-state index contributed by atoms with van der Waals surface area (Å²) in [7, 11) is 1.65. The van der Waals surface area contributed by atoms with E-state index in [0.29, 0.717) is 5.88 Å². The van der Waals surface area contributed by atoms with E-state index in [4.69, 9.17) is 16.3 Å². The second-order valence-corrected chi connectivity index (χ2v) is 5.62. The van der Waals surface area contributed by atoms with Crippen LogP contribution in [-0.4, -0.2) is 21.9 Å². The van der Waals surface area contributed by atoms with E-state index in [0.717, 1.165) is 23.1 Å². The van der Waals surface area contributed by atoms with Gasteiger partial charge >= 0.3 is 0 Å². The number of ether oxygens (including phenoxy) is 1. The monoisotopic (exact) mass is 279 g/mol. The van der Waals surface area contributed by atoms with Crippen molar-refractivity contribution >= 4 is 11.6 Å². The lowest BCUT2D eigenvalue weighted by molar-refractivity contribution is 0.414. The Balaban J connectivity index is 2.55. The van der Waals surface area contributed by atoms with E-state index in [1.807, 2.05) is 28.8 Å². The molecule has 0 amide bonds. The Hall–Kier alpha value is -1.55. The van der Waals surface area contributed by atoms with Crippen molar-refractivity contribution in [3.63, 3.8) is 0 Å². The molecule has 0 unspecified atom stereocenters. The van der Waals surface area contributed by atoms with Gasteiger partial charge in [0.15, 0.2) is 5.82 Å². The first-order valence-electron chi connectivity index (χ1n) is 6.12. The van der Waals surface area contributed by atoms with Crippen molar-refractivity contribution < 1.29 is 4.74 Å². The molecule has 0 saturated heterocycles. The molecule has 0 N–H and O–H groups in total. The van der Waals surface area contributed by atoms with Crippen LogP contribution in [0.2, 0.25) is 0 Å². The first-order chi connectivity index (χ1) is 8.97. The average Bonchev–Trinajstić information content (AvgIpc) is 2.82. The number of nitrogens with zero attached hydrogens (tertiary/aromatic N) is 3. The summed E-state index contributed by atoms with van der Waals surface area (Å²) in [5, 5.41) is 8.44. The molecule has 1 aromatic carbocycles. The first kappa shape index (κ1) is 13.9. The SMILES string of the molecule is COc1ccc(-n2c(CCl)nnc2C(C)(C)C)cc1. The molecule has 0 aliphatic carbocycles. The van der Waals surface area contributed by atoms with E-state index in [1.165, 1.54) is 0 Å². The molecule has 1 aromatic heterocycles. The van der Waals surface area contributed by atoms with Gasteiger partial charge in [-0.3, -0.25) is 4.57 Å². The predicted molar refractivity (Wildman–Crippen MR) is 76.2 cm³/mol. The van der Waals surface area contributed by atoms with Gasteiger partial charge in [0.1, 0.15) is 11.6 Å². The molecule has 0 atom stereocenters. The quantitative estimate of drug-likeness (QED) is 0.809. The summed E-state index contributed by atoms with van der Waals surface area (Å²) in [6.07, 6.45) is 0. The molecule has 2 rings (SSSR count). The molecule has 0 radical (unpaired) electrons. The zero-order valence-corrected chi connectivity index (χ0v) is 12.4. The van der Waals surface area contributed by atoms with Gasteiger partial charge < -0.3 is 4.74 Å². The van der Waals surface area contributed by atoms with E-state index in [1.54, 1.807) is 7.11 Å². The Bertz CT molecular complexity index is 555. The molecule has 0 bridgehead atoms. The molecule has 5 heteroatoms. The Morgan fingerprint density at radius 1 is 1.16 bits per heavy atom. The van der Waals surface area contributed by atoms with Crippen LogP contribution in [0.25, 0.3) is 5.69 Å². The number of halogens is 1. The van der Waals surface area contributed by atoms with Gasteiger partial charge in [0.2, 0.25) is 0 Å². The maximum atomic E-state index is 5.96. The van der Waals surface area contributed by atoms with Crippen LogP contribution in [0.15, 0.2) is 24.3 Å². The Morgan fingerprint density at radius 2 is 1.79 bits per heavy atom. The van der Waals surface area contributed by atoms with Crippen molar-refractivity contribution in [1.82, 2.24) is 14.8 Å². The topological polar surface area (TPSA) is 39.9 Å². The highest BCUT2D eigenvalue weighted by atomic mass is 35.5. The van der Waals surface area contributed by atoms with E-state index in [9.17, 15) is 0 Å². The summed E-state index contributed by atoms with van der Waals surface area (Å²) < 4.78 is 7.18. The van der Waals surface area contributed by atoms with Gasteiger partial charge in [0, 0.05) is 11.1 Å². The maximum absolute atomic E-state index is 5.96. The number of rotatable bonds is 3. The van der Waals surface area contributed by atoms with Crippen LogP contribution in [0, 0.1) is 0 Å². The second kappa shape index (κ2) is 5.21. The highest BCUT2D eigenvalue weighted by molar-refractivity contribution is 6.16. The van der Waals surface area contributed by atoms with Crippen molar-refractivity contribution in [1.29, 1.82) is 0 Å². The minimum absolute atomic E-state index is 0.1000. The summed E-state index contributed by atoms with van der Waals surface area (Å²) in [5.41, 5.74) is 0.892. The van der Waals surface area contributed by atoms with Crippen LogP contribution in [0.1, 0.15) is 32.4 Å². The standard InChI is InChI=1S/C14H18ClN3O/c1-14(2,3)13-17-16-12(9-15)18(13)10-5-7-11(19-4)8-6-10/h5-8H,9H2,1-4H3. The molecule has 0 saturated carbocycles. The Kier molecular flexibility index (Phi) is 3.80. The molecule has 19 heavy (non-hydrogen) atoms. The lowest BCUT2D eigenvalue weighted by atomic mass is 9.95. The van der Waals surface area contributed by atoms with E-state index in [2.05, 4.69) is 31.0 Å². The predicted octanol–water partition coefficient (Wildman–Crippen LogP) is 3.31. The summed E-state index contributed by atoms with van der Waals surface area (Å²) in [4.78, 5) is 0. The minimum atomic E-state index is -0.1000. The second-order valence-electron chi connectivity index (χ2n) is 5.36. The molecule has 4 nitrogen and oxygen atoms in total. The highest BCUT2D eigenvalue weighted by Gasteiger charge is 2.24. The third-order valence-corrected chi connectivity index (χ3v) is 3.09. The molecule has 1 heterocycles. The van der Waals surface area contributed by atoms with Crippen molar-refractivity contribution in [3.05, 3.63) is 35.9 Å². The zero-order chi connectivity index (χ0) is 14.0. The van der Waals surface area contributed by atoms with Crippen LogP contribution >= 0.6 is 11.6 Å². The van der Waals surface area contributed by atoms with E-state index >= 15 is 0 Å². The maximum Gasteiger partial charge on any atom is 0.152 e. The van der Waals surface area contributed by atoms with Crippen LogP contribution in [0.3, 0.4) is 0 Å². The Morgan fingerprint density at radius 3 is 2.26 bits per heavy atom. The van der Waals surface area contributed by atoms with Gasteiger partial charge in [0.25, 0.3) is 0 Å². The lowest BCUT2D eigenvalue weighted by Gasteiger charge is -2.19. The molecular weight excluding hydrogens is 262 g/mol. The molecule has 0 aliphatic heterocycles. The highest BCUT2D eigenvalue weighted by Crippen LogP contribution is 2.26. The van der Waals surface area contributed by atoms with Crippen molar-refractivity contribution in [2.45, 2.75) is 32.1 Å². The molecule has 2 aromatic rings. The zero-order valence-electron chi connectivity index (χ0n) is 11.6. The molecular formula is C14H18ClN3O. The van der Waals surface area contributed by atoms with Gasteiger partial charge in [-0.2, -0.15) is 0 Å². The van der Waals surface area contributed by atoms with Crippen molar-refractivity contribution in [3.8, 4) is 11.4 Å². The molecule has 0 fully saturated rings. The Labute approximate surface area is 118 Å². The van der Waals surface area contributed by atoms with Gasteiger partial charge in [0.05, 0.1) is 13.0 Å². The van der Waals surface area contributed by atoms with Crippen molar-refractivity contribution in [2.75, 3.05) is 7.11 Å². The third kappa shape index (κ3) is 2.73. The van der Waals surface area contributed by atoms with Crippen LogP contribution in [-0.2, 0) is 11.3 Å². The normalized spacial score (nSPS) is 11.6. The van der Waals surface area contributed by atoms with Gasteiger partial charge in [-0.1, -0.05) is 20.8 Å². The average molecular weight is 280 g/mol. The summed E-state index contributed by atoms with van der Waals surface area (Å²) in [6.45, 7) is 6.32. The fourth-order valence-electron chi connectivity index (χ4n) is 1.89. The van der Waals surface area contributed by atoms with Gasteiger partial charge in [-0.15, -0.1) is 21.8 Å². The first-order valence-corrected chi connectivity index (χ1v) is 6.66. The molecule has 102 valence electrons. The van der Waals surface area contributed by atoms with E-state index in [-0.39, 0.29) is 5.41 Å². The summed E-state index contributed by atoms with van der Waals surface area (Å²) in [6, 6.07) is 7.79. The molecule has 0 spiro atoms. The van der Waals surface area contributed by atoms with E-state index < -0.39 is 0 Å². The van der Waals surface area contributed by atoms with Gasteiger partial charge in [-0.05, 0) is 24.3 Å². The third-order valence-electron chi connectivity index (χ3n) is 2.85. The van der Waals surface area contributed by atoms with Crippen LogP contribution in [0.4, 0.5) is 0 Å². The number of hydrogen-bond donors (Lipinski definition) is 0. The molecule has 0 aliphatic rings. The smallest absolute Gasteiger partial charge is 0.152 e. The van der Waals surface area contributed by atoms with Crippen LogP contribution in [0.5, 0.6) is 5.75 Å². The number of methoxy groups -OCH3 is 1. The minimum Gasteiger partial charge on any atom is -0.497 e. The summed E-state index contributed by atoms with van der Waals surface area (Å²) >= 11 is 5.96. The number of benzene rings is 1. The fraction of sp³-hybridized carbons (Fsp3) is 0.429. The fourth-order valence-corrected chi connectivity index (χ4v) is 2.06. The number of alkyl halides is 1. The lowest BCUT2D eigenvalue weighted by Crippen LogP contribution is -2.19. The van der Waals surface area contributed by atoms with Crippen LogP contribution < -0.4 is 4.74 Å². The van der Waals surface area contributed by atoms with Crippen molar-refractivity contribution in [2.24, 2.45) is 0 Å². The van der Waals surface area contributed by atoms with Gasteiger partial charge in [-0.25, -0.2) is 0 Å².